The monoisotopic (exact) mass is 936 g/mol. The van der Waals surface area contributed by atoms with Gasteiger partial charge in [-0.25, -0.2) is 0 Å². The first-order valence-electron chi connectivity index (χ1n) is 30.4. The summed E-state index contributed by atoms with van der Waals surface area (Å²) in [7, 11) is 0. The van der Waals surface area contributed by atoms with Crippen LogP contribution in [0.4, 0.5) is 0 Å². The number of hydrogen-bond donors (Lipinski definition) is 5. The molecule has 0 aromatic heterocycles. The average molecular weight is 937 g/mol. The Morgan fingerprint density at radius 1 is 0.318 bits per heavy atom. The number of hydrogen-bond acceptors (Lipinski definition) is 5. The lowest BCUT2D eigenvalue weighted by Crippen LogP contribution is -2.53. The van der Waals surface area contributed by atoms with Crippen LogP contribution >= 0.6 is 0 Å². The fraction of sp³-hybridized carbons (Fsp3) is 0.983. The van der Waals surface area contributed by atoms with Crippen LogP contribution in [-0.2, 0) is 4.79 Å². The largest absolute Gasteiger partial charge is 0.394 e. The molecule has 66 heavy (non-hydrogen) atoms. The van der Waals surface area contributed by atoms with Crippen molar-refractivity contribution in [3.63, 3.8) is 0 Å². The summed E-state index contributed by atoms with van der Waals surface area (Å²) in [6, 6.07) is -0.981. The molecule has 0 fully saturated rings. The summed E-state index contributed by atoms with van der Waals surface area (Å²) in [6.45, 7) is 4.10. The van der Waals surface area contributed by atoms with E-state index < -0.39 is 36.9 Å². The van der Waals surface area contributed by atoms with Gasteiger partial charge in [0.2, 0.25) is 5.91 Å². The van der Waals surface area contributed by atoms with Crippen LogP contribution in [0.3, 0.4) is 0 Å². The third kappa shape index (κ3) is 48.3. The Balaban J connectivity index is 3.52. The van der Waals surface area contributed by atoms with E-state index in [0.717, 1.165) is 38.5 Å². The van der Waals surface area contributed by atoms with Gasteiger partial charge in [0.05, 0.1) is 18.8 Å². The summed E-state index contributed by atoms with van der Waals surface area (Å²) in [4.78, 5) is 12.6. The van der Waals surface area contributed by atoms with Crippen molar-refractivity contribution in [2.24, 2.45) is 0 Å². The summed E-state index contributed by atoms with van der Waals surface area (Å²) < 4.78 is 0. The van der Waals surface area contributed by atoms with Gasteiger partial charge in [0.1, 0.15) is 12.2 Å². The SMILES string of the molecule is CCCCCCCCCCCCCCCCCCCCCCCCCCCCCCCCCCC(O)C(O)C(CO)NC(=O)C(O)CCCCCCCCCCCCCCCCCCCC. The molecule has 4 unspecified atom stereocenters. The zero-order valence-electron chi connectivity index (χ0n) is 45.0. The van der Waals surface area contributed by atoms with Crippen molar-refractivity contribution in [3.05, 3.63) is 0 Å². The van der Waals surface area contributed by atoms with Crippen molar-refractivity contribution in [2.75, 3.05) is 6.61 Å². The second kappa shape index (κ2) is 55.2. The van der Waals surface area contributed by atoms with E-state index in [0.29, 0.717) is 12.8 Å². The molecule has 396 valence electrons. The second-order valence-electron chi connectivity index (χ2n) is 21.4. The van der Waals surface area contributed by atoms with Crippen LogP contribution < -0.4 is 5.32 Å². The number of amides is 1. The standard InChI is InChI=1S/C60H121NO5/c1-3-5-7-9-11-13-15-17-19-21-23-24-25-26-27-28-29-30-31-32-33-34-35-36-38-39-41-43-45-47-49-51-53-57(63)59(65)56(55-62)61-60(66)58(64)54-52-50-48-46-44-42-40-37-22-20-18-16-14-12-10-8-6-4-2/h56-59,62-65H,3-55H2,1-2H3,(H,61,66). The van der Waals surface area contributed by atoms with E-state index in [2.05, 4.69) is 19.2 Å². The summed E-state index contributed by atoms with van der Waals surface area (Å²) >= 11 is 0. The average Bonchev–Trinajstić information content (AvgIpc) is 3.32. The lowest BCUT2D eigenvalue weighted by atomic mass is 9.99. The quantitative estimate of drug-likeness (QED) is 0.0390. The summed E-state index contributed by atoms with van der Waals surface area (Å²) in [6.07, 6.45) is 64.8. The van der Waals surface area contributed by atoms with Crippen LogP contribution in [-0.4, -0.2) is 57.3 Å². The van der Waals surface area contributed by atoms with E-state index in [-0.39, 0.29) is 0 Å². The van der Waals surface area contributed by atoms with Crippen molar-refractivity contribution in [1.82, 2.24) is 5.32 Å². The number of carbonyl (C=O) groups excluding carboxylic acids is 1. The fourth-order valence-electron chi connectivity index (χ4n) is 10.1. The van der Waals surface area contributed by atoms with E-state index in [9.17, 15) is 25.2 Å². The van der Waals surface area contributed by atoms with E-state index in [1.165, 1.54) is 283 Å². The third-order valence-corrected chi connectivity index (χ3v) is 14.8. The van der Waals surface area contributed by atoms with Crippen molar-refractivity contribution < 1.29 is 25.2 Å². The molecule has 4 atom stereocenters. The summed E-state index contributed by atoms with van der Waals surface area (Å²) in [5, 5.41) is 44.1. The molecular formula is C60H121NO5. The number of unbranched alkanes of at least 4 members (excludes halogenated alkanes) is 48. The molecule has 0 aliphatic heterocycles. The molecule has 0 saturated carbocycles. The van der Waals surface area contributed by atoms with Crippen LogP contribution in [0, 0.1) is 0 Å². The number of aliphatic hydroxyl groups excluding tert-OH is 4. The van der Waals surface area contributed by atoms with Crippen LogP contribution in [0.5, 0.6) is 0 Å². The number of carbonyl (C=O) groups is 1. The zero-order valence-corrected chi connectivity index (χ0v) is 45.0. The minimum absolute atomic E-state index is 0.376. The molecule has 0 aromatic rings. The number of aliphatic hydroxyl groups is 4. The normalized spacial score (nSPS) is 13.6. The molecule has 1 amide bonds. The number of rotatable bonds is 57. The summed E-state index contributed by atoms with van der Waals surface area (Å²) in [5.74, 6) is -0.576. The van der Waals surface area contributed by atoms with Gasteiger partial charge in [-0.15, -0.1) is 0 Å². The van der Waals surface area contributed by atoms with E-state index in [4.69, 9.17) is 0 Å². The number of nitrogens with one attached hydrogen (secondary N) is 1. The molecule has 0 spiro atoms. The molecule has 0 heterocycles. The minimum Gasteiger partial charge on any atom is -0.394 e. The van der Waals surface area contributed by atoms with Gasteiger partial charge in [0.15, 0.2) is 0 Å². The van der Waals surface area contributed by atoms with Gasteiger partial charge in [-0.3, -0.25) is 4.79 Å². The van der Waals surface area contributed by atoms with Gasteiger partial charge >= 0.3 is 0 Å². The van der Waals surface area contributed by atoms with Gasteiger partial charge in [-0.05, 0) is 12.8 Å². The van der Waals surface area contributed by atoms with E-state index >= 15 is 0 Å². The Bertz CT molecular complexity index is 917. The molecule has 0 aromatic carbocycles. The predicted molar refractivity (Wildman–Crippen MR) is 288 cm³/mol. The highest BCUT2D eigenvalue weighted by molar-refractivity contribution is 5.80. The highest BCUT2D eigenvalue weighted by Crippen LogP contribution is 2.19. The van der Waals surface area contributed by atoms with Gasteiger partial charge in [0.25, 0.3) is 0 Å². The molecular weight excluding hydrogens is 815 g/mol. The maximum Gasteiger partial charge on any atom is 0.249 e. The van der Waals surface area contributed by atoms with Crippen molar-refractivity contribution in [3.8, 4) is 0 Å². The highest BCUT2D eigenvalue weighted by Gasteiger charge is 2.28. The smallest absolute Gasteiger partial charge is 0.249 e. The topological polar surface area (TPSA) is 110 Å². The minimum atomic E-state index is -1.25. The first kappa shape index (κ1) is 65.3. The maximum absolute atomic E-state index is 12.6. The molecule has 0 aliphatic carbocycles. The Morgan fingerprint density at radius 2 is 0.515 bits per heavy atom. The van der Waals surface area contributed by atoms with Gasteiger partial charge in [-0.1, -0.05) is 335 Å². The molecule has 0 saturated heterocycles. The molecule has 0 aliphatic rings. The molecule has 6 heteroatoms. The highest BCUT2D eigenvalue weighted by atomic mass is 16.3. The molecule has 5 N–H and O–H groups in total. The molecule has 0 bridgehead atoms. The Morgan fingerprint density at radius 3 is 0.727 bits per heavy atom. The van der Waals surface area contributed by atoms with E-state index in [1.807, 2.05) is 0 Å². The van der Waals surface area contributed by atoms with Crippen LogP contribution in [0.15, 0.2) is 0 Å². The van der Waals surface area contributed by atoms with Crippen LogP contribution in [0.1, 0.15) is 348 Å². The summed E-state index contributed by atoms with van der Waals surface area (Å²) in [5.41, 5.74) is 0. The fourth-order valence-corrected chi connectivity index (χ4v) is 10.1. The zero-order chi connectivity index (χ0) is 48.1. The third-order valence-electron chi connectivity index (χ3n) is 14.8. The molecule has 6 nitrogen and oxygen atoms in total. The molecule has 0 rings (SSSR count). The first-order valence-corrected chi connectivity index (χ1v) is 30.4. The van der Waals surface area contributed by atoms with E-state index in [1.54, 1.807) is 0 Å². The van der Waals surface area contributed by atoms with Crippen molar-refractivity contribution >= 4 is 5.91 Å². The Labute approximate surface area is 413 Å². The lowest BCUT2D eigenvalue weighted by Gasteiger charge is -2.27. The second-order valence-corrected chi connectivity index (χ2v) is 21.4. The maximum atomic E-state index is 12.6. The Kier molecular flexibility index (Phi) is 54.7. The van der Waals surface area contributed by atoms with Crippen LogP contribution in [0.25, 0.3) is 0 Å². The van der Waals surface area contributed by atoms with Crippen molar-refractivity contribution in [1.29, 1.82) is 0 Å². The Hall–Kier alpha value is -0.690. The van der Waals surface area contributed by atoms with Crippen molar-refractivity contribution in [2.45, 2.75) is 372 Å². The first-order chi connectivity index (χ1) is 32.5. The van der Waals surface area contributed by atoms with Gasteiger partial charge in [-0.2, -0.15) is 0 Å². The lowest BCUT2D eigenvalue weighted by molar-refractivity contribution is -0.132. The van der Waals surface area contributed by atoms with Gasteiger partial charge in [0, 0.05) is 0 Å². The van der Waals surface area contributed by atoms with Gasteiger partial charge < -0.3 is 25.7 Å². The van der Waals surface area contributed by atoms with Crippen LogP contribution in [0.2, 0.25) is 0 Å². The molecule has 0 radical (unpaired) electrons. The predicted octanol–water partition coefficient (Wildman–Crippen LogP) is 17.9.